The Morgan fingerprint density at radius 3 is 2.69 bits per heavy atom. The Kier molecular flexibility index (Phi) is 5.65. The fourth-order valence-electron chi connectivity index (χ4n) is 2.27. The second-order valence-corrected chi connectivity index (χ2v) is 6.53. The highest BCUT2D eigenvalue weighted by Crippen LogP contribution is 2.32. The van der Waals surface area contributed by atoms with E-state index in [-0.39, 0.29) is 5.56 Å². The number of hydrogen-bond acceptors (Lipinski definition) is 4. The molecular formula is C19H13BrClN3O2. The van der Waals surface area contributed by atoms with Gasteiger partial charge in [-0.2, -0.15) is 0 Å². The Balaban J connectivity index is 1.95. The van der Waals surface area contributed by atoms with Crippen LogP contribution in [0.15, 0.2) is 70.3 Å². The summed E-state index contributed by atoms with van der Waals surface area (Å²) in [6.45, 7) is 0. The van der Waals surface area contributed by atoms with Crippen LogP contribution in [0, 0.1) is 0 Å². The van der Waals surface area contributed by atoms with Crippen molar-refractivity contribution in [2.75, 3.05) is 5.32 Å². The SMILES string of the molecule is O=C(O)c1ccccc1Nc1ccc(Cl)cc1/N=C/c1cccc(Br)n1. The number of aromatic nitrogens is 1. The Hall–Kier alpha value is -2.70. The lowest BCUT2D eigenvalue weighted by atomic mass is 10.1. The Bertz CT molecular complexity index is 992. The minimum Gasteiger partial charge on any atom is -0.478 e. The zero-order valence-electron chi connectivity index (χ0n) is 13.4. The van der Waals surface area contributed by atoms with Gasteiger partial charge < -0.3 is 10.4 Å². The predicted molar refractivity (Wildman–Crippen MR) is 107 cm³/mol. The third kappa shape index (κ3) is 4.47. The van der Waals surface area contributed by atoms with Gasteiger partial charge in [-0.15, -0.1) is 0 Å². The number of rotatable bonds is 5. The number of nitrogens with one attached hydrogen (secondary N) is 1. The molecule has 0 bridgehead atoms. The number of carboxylic acid groups (broad SMARTS) is 1. The number of aromatic carboxylic acids is 1. The highest BCUT2D eigenvalue weighted by atomic mass is 79.9. The summed E-state index contributed by atoms with van der Waals surface area (Å²) in [5.74, 6) is -1.01. The van der Waals surface area contributed by atoms with Crippen LogP contribution in [0.5, 0.6) is 0 Å². The van der Waals surface area contributed by atoms with Crippen molar-refractivity contribution in [3.05, 3.63) is 81.5 Å². The molecule has 0 amide bonds. The normalized spacial score (nSPS) is 10.8. The van der Waals surface area contributed by atoms with E-state index in [0.717, 1.165) is 0 Å². The maximum atomic E-state index is 11.4. The van der Waals surface area contributed by atoms with Crippen LogP contribution < -0.4 is 5.32 Å². The van der Waals surface area contributed by atoms with Gasteiger partial charge >= 0.3 is 5.97 Å². The van der Waals surface area contributed by atoms with Crippen LogP contribution in [0.1, 0.15) is 16.1 Å². The molecule has 0 atom stereocenters. The average Bonchev–Trinajstić information content (AvgIpc) is 2.62. The predicted octanol–water partition coefficient (Wildman–Crippen LogP) is 5.69. The standard InChI is InChI=1S/C19H13BrClN3O2/c20-18-7-3-4-13(23-18)11-22-17-10-12(21)8-9-16(17)24-15-6-2-1-5-14(15)19(25)26/h1-11,24H,(H,25,26)/b22-11+. The maximum absolute atomic E-state index is 11.4. The molecule has 2 N–H and O–H groups in total. The summed E-state index contributed by atoms with van der Waals surface area (Å²) < 4.78 is 0.710. The number of halogens is 2. The van der Waals surface area contributed by atoms with Gasteiger partial charge in [-0.3, -0.25) is 4.99 Å². The lowest BCUT2D eigenvalue weighted by Crippen LogP contribution is -2.02. The van der Waals surface area contributed by atoms with Crippen LogP contribution in [-0.2, 0) is 0 Å². The smallest absolute Gasteiger partial charge is 0.337 e. The van der Waals surface area contributed by atoms with E-state index >= 15 is 0 Å². The van der Waals surface area contributed by atoms with Crippen LogP contribution in [0.25, 0.3) is 0 Å². The van der Waals surface area contributed by atoms with Crippen LogP contribution in [-0.4, -0.2) is 22.3 Å². The van der Waals surface area contributed by atoms with E-state index in [1.165, 1.54) is 6.07 Å². The quantitative estimate of drug-likeness (QED) is 0.403. The number of carboxylic acids is 1. The van der Waals surface area contributed by atoms with Gasteiger partial charge in [0, 0.05) is 5.02 Å². The zero-order valence-corrected chi connectivity index (χ0v) is 15.7. The molecule has 0 aliphatic carbocycles. The lowest BCUT2D eigenvalue weighted by molar-refractivity contribution is 0.0698. The van der Waals surface area contributed by atoms with Crippen molar-refractivity contribution in [3.8, 4) is 0 Å². The summed E-state index contributed by atoms with van der Waals surface area (Å²) in [5.41, 5.74) is 2.52. The molecule has 1 heterocycles. The number of hydrogen-bond donors (Lipinski definition) is 2. The number of aliphatic imine (C=N–C) groups is 1. The molecule has 26 heavy (non-hydrogen) atoms. The minimum atomic E-state index is -1.01. The summed E-state index contributed by atoms with van der Waals surface area (Å²) in [5, 5.41) is 13.0. The van der Waals surface area contributed by atoms with E-state index in [1.54, 1.807) is 42.6 Å². The Morgan fingerprint density at radius 2 is 1.92 bits per heavy atom. The number of carbonyl (C=O) groups is 1. The molecule has 5 nitrogen and oxygen atoms in total. The fraction of sp³-hybridized carbons (Fsp3) is 0. The van der Waals surface area contributed by atoms with Gasteiger partial charge in [-0.25, -0.2) is 9.78 Å². The van der Waals surface area contributed by atoms with Crippen molar-refractivity contribution in [1.29, 1.82) is 0 Å². The molecule has 0 saturated heterocycles. The van der Waals surface area contributed by atoms with Crippen molar-refractivity contribution in [2.24, 2.45) is 4.99 Å². The van der Waals surface area contributed by atoms with Gasteiger partial charge in [0.25, 0.3) is 0 Å². The molecule has 0 radical (unpaired) electrons. The van der Waals surface area contributed by atoms with Gasteiger partial charge in [0.1, 0.15) is 4.60 Å². The Morgan fingerprint density at radius 1 is 1.12 bits per heavy atom. The highest BCUT2D eigenvalue weighted by Gasteiger charge is 2.11. The van der Waals surface area contributed by atoms with Crippen molar-refractivity contribution >= 4 is 56.8 Å². The first-order valence-electron chi connectivity index (χ1n) is 7.58. The van der Waals surface area contributed by atoms with Gasteiger partial charge in [0.2, 0.25) is 0 Å². The van der Waals surface area contributed by atoms with E-state index < -0.39 is 5.97 Å². The van der Waals surface area contributed by atoms with Crippen LogP contribution in [0.4, 0.5) is 17.1 Å². The second-order valence-electron chi connectivity index (χ2n) is 5.28. The molecule has 0 aliphatic heterocycles. The van der Waals surface area contributed by atoms with Crippen molar-refractivity contribution in [2.45, 2.75) is 0 Å². The van der Waals surface area contributed by atoms with E-state index in [2.05, 4.69) is 31.2 Å². The van der Waals surface area contributed by atoms with Gasteiger partial charge in [0.05, 0.1) is 34.5 Å². The summed E-state index contributed by atoms with van der Waals surface area (Å²) in [6.07, 6.45) is 1.62. The number of benzene rings is 2. The first-order chi connectivity index (χ1) is 12.5. The van der Waals surface area contributed by atoms with Crippen molar-refractivity contribution < 1.29 is 9.90 Å². The Labute approximate surface area is 163 Å². The van der Waals surface area contributed by atoms with Crippen LogP contribution in [0.2, 0.25) is 5.02 Å². The van der Waals surface area contributed by atoms with Crippen LogP contribution in [0.3, 0.4) is 0 Å². The molecule has 3 rings (SSSR count). The molecule has 3 aromatic rings. The molecule has 0 unspecified atom stereocenters. The summed E-state index contributed by atoms with van der Waals surface area (Å²) >= 11 is 9.41. The summed E-state index contributed by atoms with van der Waals surface area (Å²) in [4.78, 5) is 20.1. The topological polar surface area (TPSA) is 74.6 Å². The maximum Gasteiger partial charge on any atom is 0.337 e. The number of anilines is 2. The lowest BCUT2D eigenvalue weighted by Gasteiger charge is -2.12. The van der Waals surface area contributed by atoms with E-state index in [1.807, 2.05) is 18.2 Å². The molecule has 0 fully saturated rings. The number of nitrogens with zero attached hydrogens (tertiary/aromatic N) is 2. The van der Waals surface area contributed by atoms with E-state index in [4.69, 9.17) is 11.6 Å². The average molecular weight is 431 g/mol. The third-order valence-corrected chi connectivity index (χ3v) is 4.14. The molecule has 7 heteroatoms. The first-order valence-corrected chi connectivity index (χ1v) is 8.75. The van der Waals surface area contributed by atoms with E-state index in [9.17, 15) is 9.90 Å². The zero-order chi connectivity index (χ0) is 18.5. The van der Waals surface area contributed by atoms with Gasteiger partial charge in [-0.1, -0.05) is 29.8 Å². The first kappa shape index (κ1) is 18.1. The molecular weight excluding hydrogens is 418 g/mol. The monoisotopic (exact) mass is 429 g/mol. The molecule has 130 valence electrons. The molecule has 0 aliphatic rings. The second kappa shape index (κ2) is 8.12. The third-order valence-electron chi connectivity index (χ3n) is 3.46. The van der Waals surface area contributed by atoms with Gasteiger partial charge in [-0.05, 0) is 58.4 Å². The molecule has 0 spiro atoms. The molecule has 1 aromatic heterocycles. The van der Waals surface area contributed by atoms with Crippen LogP contribution >= 0.6 is 27.5 Å². The van der Waals surface area contributed by atoms with Gasteiger partial charge in [0.15, 0.2) is 0 Å². The van der Waals surface area contributed by atoms with Crippen molar-refractivity contribution in [1.82, 2.24) is 4.98 Å². The molecule has 0 saturated carbocycles. The summed E-state index contributed by atoms with van der Waals surface area (Å²) in [7, 11) is 0. The largest absolute Gasteiger partial charge is 0.478 e. The van der Waals surface area contributed by atoms with E-state index in [0.29, 0.717) is 32.4 Å². The highest BCUT2D eigenvalue weighted by molar-refractivity contribution is 9.10. The van der Waals surface area contributed by atoms with Crippen molar-refractivity contribution in [3.63, 3.8) is 0 Å². The minimum absolute atomic E-state index is 0.172. The fourth-order valence-corrected chi connectivity index (χ4v) is 2.80. The number of para-hydroxylation sites is 1. The molecule has 2 aromatic carbocycles. The summed E-state index contributed by atoms with van der Waals surface area (Å²) in [6, 6.07) is 17.3. The number of pyridine rings is 1.